The van der Waals surface area contributed by atoms with Crippen LogP contribution >= 0.6 is 0 Å². The van der Waals surface area contributed by atoms with E-state index >= 15 is 0 Å². The largest absolute Gasteiger partial charge is 0.378 e. The van der Waals surface area contributed by atoms with Crippen molar-refractivity contribution in [3.05, 3.63) is 52.6 Å². The molecule has 0 spiro atoms. The lowest BCUT2D eigenvalue weighted by atomic mass is 9.82. The molecule has 0 aromatic carbocycles. The van der Waals surface area contributed by atoms with Crippen molar-refractivity contribution >= 4 is 5.91 Å². The Kier molecular flexibility index (Phi) is 4.72. The Bertz CT molecular complexity index is 974. The van der Waals surface area contributed by atoms with Crippen molar-refractivity contribution in [3.63, 3.8) is 0 Å². The Labute approximate surface area is 169 Å². The van der Waals surface area contributed by atoms with Gasteiger partial charge in [-0.25, -0.2) is 0 Å². The zero-order chi connectivity index (χ0) is 20.0. The minimum absolute atomic E-state index is 0.0260. The molecular formula is C22H26N4O3. The first-order valence-corrected chi connectivity index (χ1v) is 10.3. The van der Waals surface area contributed by atoms with Gasteiger partial charge in [0.1, 0.15) is 6.04 Å². The van der Waals surface area contributed by atoms with Gasteiger partial charge in [0.15, 0.2) is 0 Å². The second-order valence-corrected chi connectivity index (χ2v) is 8.45. The number of morpholine rings is 1. The molecule has 2 bridgehead atoms. The van der Waals surface area contributed by atoms with E-state index in [1.165, 1.54) is 0 Å². The van der Waals surface area contributed by atoms with Gasteiger partial charge in [-0.3, -0.25) is 19.5 Å². The SMILES string of the molecule is CN1CCOC[C@H]1C(=O)N1C[C@@H]2C[C@H](C1)c1cc(-c3ccccn3)cc(=O)n1C2. The van der Waals surface area contributed by atoms with Gasteiger partial charge in [-0.15, -0.1) is 0 Å². The van der Waals surface area contributed by atoms with Crippen LogP contribution in [-0.2, 0) is 16.1 Å². The van der Waals surface area contributed by atoms with Crippen LogP contribution in [-0.4, -0.2) is 71.2 Å². The Hall–Kier alpha value is -2.51. The molecule has 0 unspecified atom stereocenters. The summed E-state index contributed by atoms with van der Waals surface area (Å²) in [6.45, 7) is 3.97. The third-order valence-corrected chi connectivity index (χ3v) is 6.51. The summed E-state index contributed by atoms with van der Waals surface area (Å²) in [5.74, 6) is 0.648. The number of carbonyl (C=O) groups excluding carboxylic acids is 1. The summed E-state index contributed by atoms with van der Waals surface area (Å²) in [7, 11) is 1.99. The smallest absolute Gasteiger partial charge is 0.251 e. The maximum Gasteiger partial charge on any atom is 0.251 e. The second kappa shape index (κ2) is 7.39. The summed E-state index contributed by atoms with van der Waals surface area (Å²) >= 11 is 0. The van der Waals surface area contributed by atoms with Crippen LogP contribution in [0, 0.1) is 5.92 Å². The van der Waals surface area contributed by atoms with Crippen molar-refractivity contribution in [2.45, 2.75) is 24.9 Å². The van der Waals surface area contributed by atoms with E-state index in [-0.39, 0.29) is 23.4 Å². The van der Waals surface area contributed by atoms with Crippen LogP contribution < -0.4 is 5.56 Å². The molecule has 0 aliphatic carbocycles. The molecule has 2 aromatic rings. The van der Waals surface area contributed by atoms with Gasteiger partial charge >= 0.3 is 0 Å². The van der Waals surface area contributed by atoms with Crippen LogP contribution in [0.1, 0.15) is 18.0 Å². The van der Waals surface area contributed by atoms with Crippen molar-refractivity contribution < 1.29 is 9.53 Å². The van der Waals surface area contributed by atoms with Crippen molar-refractivity contribution in [1.82, 2.24) is 19.4 Å². The molecule has 29 heavy (non-hydrogen) atoms. The second-order valence-electron chi connectivity index (χ2n) is 8.45. The van der Waals surface area contributed by atoms with E-state index in [4.69, 9.17) is 4.74 Å². The first-order chi connectivity index (χ1) is 14.1. The van der Waals surface area contributed by atoms with E-state index in [0.717, 1.165) is 29.9 Å². The molecule has 2 saturated heterocycles. The van der Waals surface area contributed by atoms with Crippen LogP contribution in [0.5, 0.6) is 0 Å². The van der Waals surface area contributed by atoms with Gasteiger partial charge < -0.3 is 14.2 Å². The molecule has 0 saturated carbocycles. The minimum Gasteiger partial charge on any atom is -0.378 e. The van der Waals surface area contributed by atoms with Crippen LogP contribution in [0.4, 0.5) is 0 Å². The minimum atomic E-state index is -0.204. The fraction of sp³-hybridized carbons (Fsp3) is 0.500. The number of hydrogen-bond acceptors (Lipinski definition) is 5. The zero-order valence-electron chi connectivity index (χ0n) is 16.7. The molecule has 3 aliphatic heterocycles. The van der Waals surface area contributed by atoms with Gasteiger partial charge in [-0.2, -0.15) is 0 Å². The van der Waals surface area contributed by atoms with E-state index in [1.54, 1.807) is 12.3 Å². The average Bonchev–Trinajstić information content (AvgIpc) is 2.75. The van der Waals surface area contributed by atoms with Crippen molar-refractivity contribution in [2.75, 3.05) is 39.9 Å². The topological polar surface area (TPSA) is 67.7 Å². The maximum atomic E-state index is 13.2. The summed E-state index contributed by atoms with van der Waals surface area (Å²) in [4.78, 5) is 34.5. The molecule has 7 nitrogen and oxygen atoms in total. The summed E-state index contributed by atoms with van der Waals surface area (Å²) in [6.07, 6.45) is 2.76. The summed E-state index contributed by atoms with van der Waals surface area (Å²) in [6, 6.07) is 9.30. The number of amides is 1. The Morgan fingerprint density at radius 1 is 1.21 bits per heavy atom. The number of piperidine rings is 1. The van der Waals surface area contributed by atoms with Gasteiger partial charge in [-0.05, 0) is 37.6 Å². The van der Waals surface area contributed by atoms with Gasteiger partial charge in [0.05, 0.1) is 18.9 Å². The quantitative estimate of drug-likeness (QED) is 0.765. The van der Waals surface area contributed by atoms with Crippen LogP contribution in [0.25, 0.3) is 11.3 Å². The first-order valence-electron chi connectivity index (χ1n) is 10.3. The van der Waals surface area contributed by atoms with E-state index < -0.39 is 0 Å². The number of aromatic nitrogens is 2. The van der Waals surface area contributed by atoms with Crippen LogP contribution in [0.3, 0.4) is 0 Å². The molecule has 3 aliphatic rings. The number of rotatable bonds is 2. The van der Waals surface area contributed by atoms with E-state index in [1.807, 2.05) is 34.7 Å². The molecule has 0 N–H and O–H groups in total. The molecular weight excluding hydrogens is 368 g/mol. The zero-order valence-corrected chi connectivity index (χ0v) is 16.7. The van der Waals surface area contributed by atoms with Crippen molar-refractivity contribution in [1.29, 1.82) is 0 Å². The highest BCUT2D eigenvalue weighted by molar-refractivity contribution is 5.82. The van der Waals surface area contributed by atoms with E-state index in [9.17, 15) is 9.59 Å². The van der Waals surface area contributed by atoms with Gasteiger partial charge in [-0.1, -0.05) is 6.07 Å². The number of likely N-dealkylation sites (tertiary alicyclic amines) is 1. The highest BCUT2D eigenvalue weighted by Crippen LogP contribution is 2.36. The molecule has 152 valence electrons. The Morgan fingerprint density at radius 3 is 2.90 bits per heavy atom. The third-order valence-electron chi connectivity index (χ3n) is 6.51. The number of nitrogens with zero attached hydrogens (tertiary/aromatic N) is 4. The van der Waals surface area contributed by atoms with Crippen molar-refractivity contribution in [2.24, 2.45) is 5.92 Å². The summed E-state index contributed by atoms with van der Waals surface area (Å²) < 4.78 is 7.46. The predicted molar refractivity (Wildman–Crippen MR) is 109 cm³/mol. The number of pyridine rings is 2. The highest BCUT2D eigenvalue weighted by atomic mass is 16.5. The standard InChI is InChI=1S/C22H26N4O3/c1-24-6-7-29-14-20(24)22(28)25-11-15-8-17(13-25)19-9-16(10-21(27)26(19)12-15)18-4-2-3-5-23-18/h2-5,9-10,15,17,20H,6-8,11-14H2,1H3/t15-,17+,20-/m0/s1. The fourth-order valence-electron chi connectivity index (χ4n) is 4.98. The number of hydrogen-bond donors (Lipinski definition) is 0. The lowest BCUT2D eigenvalue weighted by molar-refractivity contribution is -0.144. The normalized spacial score (nSPS) is 26.8. The third kappa shape index (κ3) is 3.38. The maximum absolute atomic E-state index is 13.2. The predicted octanol–water partition coefficient (Wildman–Crippen LogP) is 1.19. The monoisotopic (exact) mass is 394 g/mol. The fourth-order valence-corrected chi connectivity index (χ4v) is 4.98. The van der Waals surface area contributed by atoms with Crippen LogP contribution in [0.2, 0.25) is 0 Å². The molecule has 7 heteroatoms. The Balaban J connectivity index is 1.44. The van der Waals surface area contributed by atoms with Gasteiger partial charge in [0, 0.05) is 55.6 Å². The number of likely N-dealkylation sites (N-methyl/N-ethyl adjacent to an activating group) is 1. The van der Waals surface area contributed by atoms with Crippen LogP contribution in [0.15, 0.2) is 41.3 Å². The van der Waals surface area contributed by atoms with Gasteiger partial charge in [0.25, 0.3) is 5.56 Å². The number of carbonyl (C=O) groups is 1. The van der Waals surface area contributed by atoms with E-state index in [0.29, 0.717) is 38.8 Å². The summed E-state index contributed by atoms with van der Waals surface area (Å²) in [5.41, 5.74) is 2.71. The first kappa shape index (κ1) is 18.5. The lowest BCUT2D eigenvalue weighted by Gasteiger charge is -2.45. The van der Waals surface area contributed by atoms with Crippen molar-refractivity contribution in [3.8, 4) is 11.3 Å². The number of ether oxygens (including phenoxy) is 1. The van der Waals surface area contributed by atoms with E-state index in [2.05, 4.69) is 16.0 Å². The molecule has 3 atom stereocenters. The average molecular weight is 394 g/mol. The number of fused-ring (bicyclic) bond motifs is 4. The molecule has 2 aromatic heterocycles. The molecule has 5 heterocycles. The van der Waals surface area contributed by atoms with Gasteiger partial charge in [0.2, 0.25) is 5.91 Å². The molecule has 5 rings (SSSR count). The molecule has 2 fully saturated rings. The molecule has 0 radical (unpaired) electrons. The highest BCUT2D eigenvalue weighted by Gasteiger charge is 2.39. The molecule has 1 amide bonds. The lowest BCUT2D eigenvalue weighted by Crippen LogP contribution is -2.57. The Morgan fingerprint density at radius 2 is 2.10 bits per heavy atom. The summed E-state index contributed by atoms with van der Waals surface area (Å²) in [5, 5.41) is 0.